The SMILES string of the molecule is O=C(Nc1cccc(CN2CCCC2)c1)Oc1c(NC[C@@H](O)c2ccccc2)cc[nH]c1=O. The molecule has 0 radical (unpaired) electrons. The number of nitrogens with one attached hydrogen (secondary N) is 3. The molecule has 2 heterocycles. The number of anilines is 2. The number of likely N-dealkylation sites (tertiary alicyclic amines) is 1. The van der Waals surface area contributed by atoms with Crippen LogP contribution in [0.15, 0.2) is 71.7 Å². The van der Waals surface area contributed by atoms with Gasteiger partial charge in [-0.05, 0) is 55.3 Å². The summed E-state index contributed by atoms with van der Waals surface area (Å²) in [7, 11) is 0. The zero-order valence-electron chi connectivity index (χ0n) is 18.3. The molecular weight excluding hydrogens is 420 g/mol. The zero-order chi connectivity index (χ0) is 23.0. The number of nitrogens with zero attached hydrogens (tertiary/aromatic N) is 1. The number of benzene rings is 2. The van der Waals surface area contributed by atoms with Gasteiger partial charge in [-0.15, -0.1) is 0 Å². The molecule has 33 heavy (non-hydrogen) atoms. The van der Waals surface area contributed by atoms with E-state index in [1.54, 1.807) is 12.1 Å². The predicted molar refractivity (Wildman–Crippen MR) is 128 cm³/mol. The van der Waals surface area contributed by atoms with Crippen LogP contribution in [0.5, 0.6) is 5.75 Å². The molecule has 2 aromatic carbocycles. The van der Waals surface area contributed by atoms with Crippen LogP contribution in [0, 0.1) is 0 Å². The average molecular weight is 449 g/mol. The smallest absolute Gasteiger partial charge is 0.402 e. The van der Waals surface area contributed by atoms with E-state index >= 15 is 0 Å². The van der Waals surface area contributed by atoms with Crippen LogP contribution in [0.4, 0.5) is 16.2 Å². The summed E-state index contributed by atoms with van der Waals surface area (Å²) in [5, 5.41) is 16.1. The topological polar surface area (TPSA) is 107 Å². The van der Waals surface area contributed by atoms with Gasteiger partial charge < -0.3 is 20.1 Å². The minimum atomic E-state index is -0.787. The van der Waals surface area contributed by atoms with Gasteiger partial charge in [0.25, 0.3) is 5.56 Å². The quantitative estimate of drug-likeness (QED) is 0.418. The van der Waals surface area contributed by atoms with Crippen LogP contribution in [-0.2, 0) is 6.54 Å². The van der Waals surface area contributed by atoms with E-state index < -0.39 is 17.8 Å². The fourth-order valence-corrected chi connectivity index (χ4v) is 3.89. The maximum atomic E-state index is 12.5. The molecule has 0 spiro atoms. The molecule has 1 amide bonds. The largest absolute Gasteiger partial charge is 0.417 e. The molecule has 1 aliphatic heterocycles. The lowest BCUT2D eigenvalue weighted by Crippen LogP contribution is -2.23. The van der Waals surface area contributed by atoms with E-state index in [0.717, 1.165) is 30.8 Å². The van der Waals surface area contributed by atoms with Crippen LogP contribution in [0.1, 0.15) is 30.1 Å². The lowest BCUT2D eigenvalue weighted by molar-refractivity contribution is 0.191. The van der Waals surface area contributed by atoms with E-state index in [9.17, 15) is 14.7 Å². The summed E-state index contributed by atoms with van der Waals surface area (Å²) in [5.74, 6) is -0.163. The first-order valence-electron chi connectivity index (χ1n) is 11.1. The Labute approximate surface area is 192 Å². The van der Waals surface area contributed by atoms with Gasteiger partial charge in [-0.3, -0.25) is 15.0 Å². The first kappa shape index (κ1) is 22.6. The van der Waals surface area contributed by atoms with Gasteiger partial charge in [0.05, 0.1) is 11.8 Å². The Morgan fingerprint density at radius 1 is 1.09 bits per heavy atom. The van der Waals surface area contributed by atoms with Crippen molar-refractivity contribution >= 4 is 17.5 Å². The average Bonchev–Trinajstić information content (AvgIpc) is 3.33. The van der Waals surface area contributed by atoms with Crippen LogP contribution >= 0.6 is 0 Å². The number of aliphatic hydroxyl groups is 1. The molecule has 1 fully saturated rings. The molecule has 0 saturated carbocycles. The van der Waals surface area contributed by atoms with Crippen molar-refractivity contribution in [2.45, 2.75) is 25.5 Å². The number of rotatable bonds is 8. The highest BCUT2D eigenvalue weighted by molar-refractivity contribution is 5.87. The number of ether oxygens (including phenoxy) is 1. The number of carbonyl (C=O) groups excluding carboxylic acids is 1. The Morgan fingerprint density at radius 3 is 2.67 bits per heavy atom. The summed E-state index contributed by atoms with van der Waals surface area (Å²) in [6, 6.07) is 18.3. The highest BCUT2D eigenvalue weighted by Crippen LogP contribution is 2.22. The summed E-state index contributed by atoms with van der Waals surface area (Å²) in [6.07, 6.45) is 2.33. The lowest BCUT2D eigenvalue weighted by atomic mass is 10.1. The van der Waals surface area contributed by atoms with Crippen LogP contribution < -0.4 is 20.9 Å². The van der Waals surface area contributed by atoms with Gasteiger partial charge in [0, 0.05) is 25.0 Å². The molecule has 0 aliphatic carbocycles. The number of pyridine rings is 1. The Balaban J connectivity index is 1.39. The number of hydrogen-bond acceptors (Lipinski definition) is 6. The van der Waals surface area contributed by atoms with E-state index in [1.807, 2.05) is 48.5 Å². The molecule has 1 saturated heterocycles. The number of aromatic nitrogens is 1. The van der Waals surface area contributed by atoms with Crippen molar-refractivity contribution in [1.82, 2.24) is 9.88 Å². The van der Waals surface area contributed by atoms with Crippen molar-refractivity contribution in [2.75, 3.05) is 30.3 Å². The Hall–Kier alpha value is -3.62. The molecule has 8 nitrogen and oxygen atoms in total. The number of H-pyrrole nitrogens is 1. The molecule has 1 atom stereocenters. The van der Waals surface area contributed by atoms with Crippen molar-refractivity contribution in [1.29, 1.82) is 0 Å². The van der Waals surface area contributed by atoms with Gasteiger partial charge >= 0.3 is 6.09 Å². The molecule has 4 rings (SSSR count). The number of hydrogen-bond donors (Lipinski definition) is 4. The Kier molecular flexibility index (Phi) is 7.39. The molecule has 4 N–H and O–H groups in total. The van der Waals surface area contributed by atoms with Gasteiger partial charge in [-0.25, -0.2) is 4.79 Å². The van der Waals surface area contributed by atoms with Crippen molar-refractivity contribution in [3.63, 3.8) is 0 Å². The normalized spacial score (nSPS) is 14.6. The lowest BCUT2D eigenvalue weighted by Gasteiger charge is -2.16. The Morgan fingerprint density at radius 2 is 1.88 bits per heavy atom. The third-order valence-corrected chi connectivity index (χ3v) is 5.56. The first-order chi connectivity index (χ1) is 16.1. The summed E-state index contributed by atoms with van der Waals surface area (Å²) < 4.78 is 5.34. The molecule has 0 bridgehead atoms. The summed E-state index contributed by atoms with van der Waals surface area (Å²) in [6.45, 7) is 3.15. The van der Waals surface area contributed by atoms with E-state index in [4.69, 9.17) is 4.74 Å². The Bertz CT molecular complexity index is 1130. The van der Waals surface area contributed by atoms with Crippen molar-refractivity contribution in [2.24, 2.45) is 0 Å². The second kappa shape index (κ2) is 10.8. The maximum Gasteiger partial charge on any atom is 0.417 e. The molecule has 1 aliphatic rings. The molecule has 0 unspecified atom stereocenters. The molecule has 1 aromatic heterocycles. The second-order valence-corrected chi connectivity index (χ2v) is 8.06. The molecule has 8 heteroatoms. The molecular formula is C25H28N4O4. The number of aliphatic hydroxyl groups excluding tert-OH is 1. The third-order valence-electron chi connectivity index (χ3n) is 5.56. The van der Waals surface area contributed by atoms with Crippen molar-refractivity contribution in [3.05, 3.63) is 88.3 Å². The van der Waals surface area contributed by atoms with Crippen LogP contribution in [0.25, 0.3) is 0 Å². The van der Waals surface area contributed by atoms with Crippen LogP contribution in [0.2, 0.25) is 0 Å². The summed E-state index contributed by atoms with van der Waals surface area (Å²) in [5.41, 5.74) is 2.20. The van der Waals surface area contributed by atoms with Gasteiger partial charge in [-0.2, -0.15) is 0 Å². The van der Waals surface area contributed by atoms with E-state index in [-0.39, 0.29) is 12.3 Å². The van der Waals surface area contributed by atoms with Gasteiger partial charge in [0.1, 0.15) is 0 Å². The monoisotopic (exact) mass is 448 g/mol. The number of carbonyl (C=O) groups is 1. The van der Waals surface area contributed by atoms with Gasteiger partial charge in [0.15, 0.2) is 0 Å². The van der Waals surface area contributed by atoms with Crippen molar-refractivity contribution in [3.8, 4) is 5.75 Å². The van der Waals surface area contributed by atoms with Gasteiger partial charge in [-0.1, -0.05) is 42.5 Å². The minimum absolute atomic E-state index is 0.143. The third kappa shape index (κ3) is 6.21. The highest BCUT2D eigenvalue weighted by atomic mass is 16.6. The van der Waals surface area contributed by atoms with E-state index in [0.29, 0.717) is 11.4 Å². The zero-order valence-corrected chi connectivity index (χ0v) is 18.3. The first-order valence-corrected chi connectivity index (χ1v) is 11.1. The molecule has 3 aromatic rings. The minimum Gasteiger partial charge on any atom is -0.402 e. The van der Waals surface area contributed by atoms with Crippen LogP contribution in [-0.4, -0.2) is 40.7 Å². The van der Waals surface area contributed by atoms with Crippen molar-refractivity contribution < 1.29 is 14.6 Å². The summed E-state index contributed by atoms with van der Waals surface area (Å²) in [4.78, 5) is 29.7. The fourth-order valence-electron chi connectivity index (χ4n) is 3.89. The fraction of sp³-hybridized carbons (Fsp3) is 0.280. The second-order valence-electron chi connectivity index (χ2n) is 8.06. The van der Waals surface area contributed by atoms with Crippen LogP contribution in [0.3, 0.4) is 0 Å². The van der Waals surface area contributed by atoms with E-state index in [1.165, 1.54) is 19.0 Å². The van der Waals surface area contributed by atoms with Gasteiger partial charge in [0.2, 0.25) is 5.75 Å². The number of aromatic amines is 1. The summed E-state index contributed by atoms with van der Waals surface area (Å²) >= 11 is 0. The maximum absolute atomic E-state index is 12.5. The molecule has 172 valence electrons. The predicted octanol–water partition coefficient (Wildman–Crippen LogP) is 3.73. The number of amides is 1. The standard InChI is InChI=1S/C25H28N4O4/c30-22(19-8-2-1-3-9-19)16-27-21-11-12-26-24(31)23(21)33-25(32)28-20-10-6-7-18(15-20)17-29-13-4-5-14-29/h1-3,6-12,15,22,30H,4-5,13-14,16-17H2,(H,28,32)(H2,26,27,31)/t22-/m1/s1. The van der Waals surface area contributed by atoms with E-state index in [2.05, 4.69) is 20.5 Å². The highest BCUT2D eigenvalue weighted by Gasteiger charge is 2.16.